The number of halogens is 2. The molecule has 0 heterocycles. The minimum absolute atomic E-state index is 0.139. The predicted molar refractivity (Wildman–Crippen MR) is 46.7 cm³/mol. The quantitative estimate of drug-likeness (QED) is 0.770. The Morgan fingerprint density at radius 2 is 2.18 bits per heavy atom. The topological polar surface area (TPSA) is 26.0 Å². The first kappa shape index (κ1) is 8.68. The van der Waals surface area contributed by atoms with Crippen LogP contribution in [0.4, 0.5) is 4.39 Å². The van der Waals surface area contributed by atoms with Crippen LogP contribution in [0, 0.1) is 5.82 Å². The molecule has 1 aromatic carbocycles. The van der Waals surface area contributed by atoms with Crippen molar-refractivity contribution >= 4 is 15.9 Å². The second kappa shape index (κ2) is 3.32. The summed E-state index contributed by atoms with van der Waals surface area (Å²) in [4.78, 5) is 0. The first-order valence-corrected chi connectivity index (χ1v) is 4.11. The molecule has 2 N–H and O–H groups in total. The SMILES string of the molecule is CC(N)c1cccc(F)c1Br. The maximum atomic E-state index is 12.8. The highest BCUT2D eigenvalue weighted by molar-refractivity contribution is 9.10. The van der Waals surface area contributed by atoms with Gasteiger partial charge in [-0.15, -0.1) is 0 Å². The molecule has 1 unspecified atom stereocenters. The van der Waals surface area contributed by atoms with E-state index >= 15 is 0 Å². The Hall–Kier alpha value is -0.410. The molecule has 0 saturated heterocycles. The minimum Gasteiger partial charge on any atom is -0.324 e. The number of benzene rings is 1. The van der Waals surface area contributed by atoms with Crippen LogP contribution in [0.5, 0.6) is 0 Å². The van der Waals surface area contributed by atoms with Crippen molar-refractivity contribution in [1.29, 1.82) is 0 Å². The van der Waals surface area contributed by atoms with Crippen LogP contribution in [0.15, 0.2) is 22.7 Å². The molecule has 0 radical (unpaired) electrons. The third kappa shape index (κ3) is 1.79. The van der Waals surface area contributed by atoms with Crippen molar-refractivity contribution in [2.45, 2.75) is 13.0 Å². The lowest BCUT2D eigenvalue weighted by atomic mass is 10.1. The summed E-state index contributed by atoms with van der Waals surface area (Å²) in [5.74, 6) is -0.264. The number of rotatable bonds is 1. The van der Waals surface area contributed by atoms with Gasteiger partial charge in [-0.1, -0.05) is 12.1 Å². The Labute approximate surface area is 73.5 Å². The highest BCUT2D eigenvalue weighted by Crippen LogP contribution is 2.24. The molecule has 1 aromatic rings. The smallest absolute Gasteiger partial charge is 0.137 e. The Morgan fingerprint density at radius 3 is 2.64 bits per heavy atom. The molecule has 0 aliphatic rings. The third-order valence-corrected chi connectivity index (χ3v) is 2.31. The van der Waals surface area contributed by atoms with Crippen molar-refractivity contribution in [3.05, 3.63) is 34.1 Å². The van der Waals surface area contributed by atoms with Crippen molar-refractivity contribution in [2.24, 2.45) is 5.73 Å². The van der Waals surface area contributed by atoms with Gasteiger partial charge >= 0.3 is 0 Å². The van der Waals surface area contributed by atoms with E-state index < -0.39 is 0 Å². The van der Waals surface area contributed by atoms with Crippen LogP contribution in [0.1, 0.15) is 18.5 Å². The molecule has 0 fully saturated rings. The lowest BCUT2D eigenvalue weighted by Crippen LogP contribution is -2.06. The minimum atomic E-state index is -0.264. The van der Waals surface area contributed by atoms with E-state index in [2.05, 4.69) is 15.9 Å². The van der Waals surface area contributed by atoms with Gasteiger partial charge in [0, 0.05) is 6.04 Å². The van der Waals surface area contributed by atoms with E-state index in [0.717, 1.165) is 5.56 Å². The average Bonchev–Trinajstić information content (AvgIpc) is 1.94. The maximum absolute atomic E-state index is 12.8. The number of hydrogen-bond donors (Lipinski definition) is 1. The molecule has 0 amide bonds. The number of hydrogen-bond acceptors (Lipinski definition) is 1. The molecular formula is C8H9BrFN. The molecular weight excluding hydrogens is 209 g/mol. The van der Waals surface area contributed by atoms with Gasteiger partial charge in [0.1, 0.15) is 5.82 Å². The van der Waals surface area contributed by atoms with Crippen LogP contribution in [0.25, 0.3) is 0 Å². The maximum Gasteiger partial charge on any atom is 0.137 e. The van der Waals surface area contributed by atoms with Crippen LogP contribution < -0.4 is 5.73 Å². The van der Waals surface area contributed by atoms with Gasteiger partial charge in [-0.25, -0.2) is 4.39 Å². The van der Waals surface area contributed by atoms with Crippen molar-refractivity contribution < 1.29 is 4.39 Å². The van der Waals surface area contributed by atoms with E-state index in [1.54, 1.807) is 12.1 Å². The fourth-order valence-corrected chi connectivity index (χ4v) is 1.50. The Bertz CT molecular complexity index is 260. The second-order valence-corrected chi connectivity index (χ2v) is 3.22. The lowest BCUT2D eigenvalue weighted by molar-refractivity contribution is 0.614. The highest BCUT2D eigenvalue weighted by Gasteiger charge is 2.07. The molecule has 1 rings (SSSR count). The first-order chi connectivity index (χ1) is 5.13. The predicted octanol–water partition coefficient (Wildman–Crippen LogP) is 2.61. The van der Waals surface area contributed by atoms with Gasteiger partial charge in [-0.3, -0.25) is 0 Å². The zero-order valence-electron chi connectivity index (χ0n) is 6.14. The van der Waals surface area contributed by atoms with E-state index in [0.29, 0.717) is 4.47 Å². The summed E-state index contributed by atoms with van der Waals surface area (Å²) in [6.07, 6.45) is 0. The van der Waals surface area contributed by atoms with Gasteiger partial charge in [0.05, 0.1) is 4.47 Å². The molecule has 3 heteroatoms. The molecule has 0 aliphatic heterocycles. The van der Waals surface area contributed by atoms with Crippen molar-refractivity contribution in [2.75, 3.05) is 0 Å². The monoisotopic (exact) mass is 217 g/mol. The van der Waals surface area contributed by atoms with E-state index in [9.17, 15) is 4.39 Å². The summed E-state index contributed by atoms with van der Waals surface area (Å²) in [6.45, 7) is 1.82. The Kier molecular flexibility index (Phi) is 2.62. The molecule has 1 atom stereocenters. The van der Waals surface area contributed by atoms with Crippen molar-refractivity contribution in [1.82, 2.24) is 0 Å². The van der Waals surface area contributed by atoms with Crippen LogP contribution >= 0.6 is 15.9 Å². The van der Waals surface area contributed by atoms with Gasteiger partial charge in [-0.05, 0) is 34.5 Å². The lowest BCUT2D eigenvalue weighted by Gasteiger charge is -2.07. The number of nitrogens with two attached hydrogens (primary N) is 1. The van der Waals surface area contributed by atoms with E-state index in [1.165, 1.54) is 6.07 Å². The fraction of sp³-hybridized carbons (Fsp3) is 0.250. The van der Waals surface area contributed by atoms with Gasteiger partial charge in [-0.2, -0.15) is 0 Å². The molecule has 0 aliphatic carbocycles. The zero-order chi connectivity index (χ0) is 8.43. The Balaban J connectivity index is 3.17. The van der Waals surface area contributed by atoms with Crippen molar-refractivity contribution in [3.63, 3.8) is 0 Å². The van der Waals surface area contributed by atoms with E-state index in [4.69, 9.17) is 5.73 Å². The largest absolute Gasteiger partial charge is 0.324 e. The Morgan fingerprint density at radius 1 is 1.55 bits per heavy atom. The molecule has 0 aromatic heterocycles. The summed E-state index contributed by atoms with van der Waals surface area (Å²) >= 11 is 3.13. The summed E-state index contributed by atoms with van der Waals surface area (Å²) in [7, 11) is 0. The molecule has 1 nitrogen and oxygen atoms in total. The molecule has 0 bridgehead atoms. The van der Waals surface area contributed by atoms with Crippen LogP contribution in [-0.2, 0) is 0 Å². The molecule has 0 spiro atoms. The van der Waals surface area contributed by atoms with Gasteiger partial charge in [0.2, 0.25) is 0 Å². The average molecular weight is 218 g/mol. The van der Waals surface area contributed by atoms with Crippen LogP contribution in [0.2, 0.25) is 0 Å². The first-order valence-electron chi connectivity index (χ1n) is 3.32. The van der Waals surface area contributed by atoms with Crippen LogP contribution in [0.3, 0.4) is 0 Å². The highest BCUT2D eigenvalue weighted by atomic mass is 79.9. The van der Waals surface area contributed by atoms with Gasteiger partial charge in [0.15, 0.2) is 0 Å². The van der Waals surface area contributed by atoms with Crippen LogP contribution in [-0.4, -0.2) is 0 Å². The molecule has 11 heavy (non-hydrogen) atoms. The second-order valence-electron chi connectivity index (χ2n) is 2.43. The van der Waals surface area contributed by atoms with E-state index in [-0.39, 0.29) is 11.9 Å². The van der Waals surface area contributed by atoms with Gasteiger partial charge in [0.25, 0.3) is 0 Å². The van der Waals surface area contributed by atoms with Crippen molar-refractivity contribution in [3.8, 4) is 0 Å². The summed E-state index contributed by atoms with van der Waals surface area (Å²) in [5.41, 5.74) is 6.38. The summed E-state index contributed by atoms with van der Waals surface area (Å²) in [6, 6.07) is 4.71. The standard InChI is InChI=1S/C8H9BrFN/c1-5(11)6-3-2-4-7(10)8(6)9/h2-5H,11H2,1H3. The summed E-state index contributed by atoms with van der Waals surface area (Å²) < 4.78 is 13.3. The normalized spacial score (nSPS) is 13.1. The zero-order valence-corrected chi connectivity index (χ0v) is 7.73. The molecule has 60 valence electrons. The van der Waals surface area contributed by atoms with E-state index in [1.807, 2.05) is 6.92 Å². The summed E-state index contributed by atoms with van der Waals surface area (Å²) in [5, 5.41) is 0. The fourth-order valence-electron chi connectivity index (χ4n) is 0.872. The molecule has 0 saturated carbocycles. The third-order valence-electron chi connectivity index (χ3n) is 1.47. The van der Waals surface area contributed by atoms with Gasteiger partial charge < -0.3 is 5.73 Å².